The van der Waals surface area contributed by atoms with Gasteiger partial charge in [-0.05, 0) is 20.3 Å². The molecule has 7 heteroatoms. The zero-order chi connectivity index (χ0) is 16.3. The van der Waals surface area contributed by atoms with Gasteiger partial charge in [-0.15, -0.1) is 0 Å². The van der Waals surface area contributed by atoms with Crippen LogP contribution in [0.15, 0.2) is 0 Å². The number of amides is 1. The first-order valence-corrected chi connectivity index (χ1v) is 8.07. The molecule has 1 fully saturated rings. The Morgan fingerprint density at radius 2 is 2.09 bits per heavy atom. The zero-order valence-corrected chi connectivity index (χ0v) is 14.5. The van der Waals surface area contributed by atoms with Crippen LogP contribution in [0.3, 0.4) is 0 Å². The lowest BCUT2D eigenvalue weighted by molar-refractivity contribution is -0.0169. The summed E-state index contributed by atoms with van der Waals surface area (Å²) in [6.45, 7) is 9.98. The first-order chi connectivity index (χ1) is 10.4. The minimum atomic E-state index is -0.163. The van der Waals surface area contributed by atoms with Crippen LogP contribution in [-0.4, -0.2) is 59.0 Å². The molecule has 1 saturated heterocycles. The van der Waals surface area contributed by atoms with Gasteiger partial charge in [0.15, 0.2) is 0 Å². The van der Waals surface area contributed by atoms with Gasteiger partial charge < -0.3 is 10.1 Å². The lowest BCUT2D eigenvalue weighted by Gasteiger charge is -2.43. The van der Waals surface area contributed by atoms with Crippen LogP contribution >= 0.6 is 11.6 Å². The lowest BCUT2D eigenvalue weighted by Crippen LogP contribution is -2.56. The van der Waals surface area contributed by atoms with Crippen LogP contribution in [0, 0.1) is 6.92 Å². The number of nitrogens with one attached hydrogen (secondary N) is 1. The average Bonchev–Trinajstić information content (AvgIpc) is 2.78. The molecule has 0 spiro atoms. The summed E-state index contributed by atoms with van der Waals surface area (Å²) in [4.78, 5) is 14.8. The third-order valence-electron chi connectivity index (χ3n) is 4.55. The van der Waals surface area contributed by atoms with Crippen molar-refractivity contribution in [3.05, 3.63) is 16.4 Å². The second-order valence-electron chi connectivity index (χ2n) is 6.01. The quantitative estimate of drug-likeness (QED) is 0.892. The minimum Gasteiger partial charge on any atom is -0.379 e. The summed E-state index contributed by atoms with van der Waals surface area (Å²) in [5, 5.41) is 7.58. The largest absolute Gasteiger partial charge is 0.379 e. The van der Waals surface area contributed by atoms with Crippen molar-refractivity contribution in [1.29, 1.82) is 0 Å². The lowest BCUT2D eigenvalue weighted by atomic mass is 9.95. The van der Waals surface area contributed by atoms with Crippen LogP contribution in [0.4, 0.5) is 0 Å². The maximum atomic E-state index is 12.5. The number of aryl methyl sites for hydroxylation is 2. The van der Waals surface area contributed by atoms with Gasteiger partial charge in [0.2, 0.25) is 0 Å². The highest BCUT2D eigenvalue weighted by atomic mass is 35.5. The van der Waals surface area contributed by atoms with Gasteiger partial charge in [-0.2, -0.15) is 5.10 Å². The number of halogens is 1. The van der Waals surface area contributed by atoms with Crippen LogP contribution in [0.5, 0.6) is 0 Å². The van der Waals surface area contributed by atoms with Gasteiger partial charge >= 0.3 is 0 Å². The van der Waals surface area contributed by atoms with Crippen molar-refractivity contribution in [3.8, 4) is 0 Å². The number of carbonyl (C=O) groups is 1. The van der Waals surface area contributed by atoms with Gasteiger partial charge in [-0.3, -0.25) is 14.4 Å². The van der Waals surface area contributed by atoms with Crippen molar-refractivity contribution >= 4 is 17.5 Å². The molecule has 1 aliphatic rings. The molecule has 1 atom stereocenters. The molecule has 0 aliphatic carbocycles. The summed E-state index contributed by atoms with van der Waals surface area (Å²) in [5.41, 5.74) is 1.03. The molecule has 22 heavy (non-hydrogen) atoms. The molecule has 1 aromatic rings. The molecule has 124 valence electrons. The van der Waals surface area contributed by atoms with Crippen molar-refractivity contribution in [2.75, 3.05) is 32.8 Å². The number of morpholine rings is 1. The van der Waals surface area contributed by atoms with E-state index in [-0.39, 0.29) is 11.4 Å². The second kappa shape index (κ2) is 6.98. The van der Waals surface area contributed by atoms with Crippen molar-refractivity contribution in [2.45, 2.75) is 32.7 Å². The van der Waals surface area contributed by atoms with E-state index in [1.807, 2.05) is 0 Å². The molecule has 6 nitrogen and oxygen atoms in total. The summed E-state index contributed by atoms with van der Waals surface area (Å²) in [6.07, 6.45) is 0.951. The zero-order valence-electron chi connectivity index (χ0n) is 13.8. The fraction of sp³-hybridized carbons (Fsp3) is 0.733. The van der Waals surface area contributed by atoms with E-state index in [1.54, 1.807) is 14.0 Å². The molecular formula is C15H25ClN4O2. The van der Waals surface area contributed by atoms with Gasteiger partial charge in [0, 0.05) is 32.2 Å². The van der Waals surface area contributed by atoms with Crippen molar-refractivity contribution < 1.29 is 9.53 Å². The molecule has 1 amide bonds. The van der Waals surface area contributed by atoms with Gasteiger partial charge in [0.25, 0.3) is 5.91 Å². The number of aromatic nitrogens is 2. The van der Waals surface area contributed by atoms with Crippen LogP contribution < -0.4 is 5.32 Å². The first kappa shape index (κ1) is 17.2. The first-order valence-electron chi connectivity index (χ1n) is 7.69. The SMILES string of the molecule is CCC(C)(CNC(=O)c1c(C)nn(C)c1Cl)N1CCOCC1. The molecule has 1 aromatic heterocycles. The van der Waals surface area contributed by atoms with Gasteiger partial charge in [-0.25, -0.2) is 0 Å². The van der Waals surface area contributed by atoms with Gasteiger partial charge in [0.1, 0.15) is 5.15 Å². The number of rotatable bonds is 5. The average molecular weight is 329 g/mol. The predicted molar refractivity (Wildman–Crippen MR) is 86.4 cm³/mol. The van der Waals surface area contributed by atoms with Crippen LogP contribution in [0.1, 0.15) is 36.3 Å². The second-order valence-corrected chi connectivity index (χ2v) is 6.37. The highest BCUT2D eigenvalue weighted by Gasteiger charge is 2.32. The Labute approximate surface area is 136 Å². The smallest absolute Gasteiger partial charge is 0.256 e. The van der Waals surface area contributed by atoms with Gasteiger partial charge in [-0.1, -0.05) is 18.5 Å². The maximum Gasteiger partial charge on any atom is 0.256 e. The fourth-order valence-corrected chi connectivity index (χ4v) is 3.07. The van der Waals surface area contributed by atoms with Crippen LogP contribution in [0.2, 0.25) is 5.15 Å². The Morgan fingerprint density at radius 1 is 1.45 bits per heavy atom. The third-order valence-corrected chi connectivity index (χ3v) is 4.98. The van der Waals surface area contributed by atoms with E-state index in [0.717, 1.165) is 32.7 Å². The highest BCUT2D eigenvalue weighted by Crippen LogP contribution is 2.22. The molecule has 1 unspecified atom stereocenters. The van der Waals surface area contributed by atoms with E-state index < -0.39 is 0 Å². The number of carbonyl (C=O) groups excluding carboxylic acids is 1. The number of hydrogen-bond donors (Lipinski definition) is 1. The minimum absolute atomic E-state index is 0.0813. The molecule has 2 rings (SSSR count). The highest BCUT2D eigenvalue weighted by molar-refractivity contribution is 6.33. The van der Waals surface area contributed by atoms with E-state index in [1.165, 1.54) is 4.68 Å². The number of nitrogens with zero attached hydrogens (tertiary/aromatic N) is 3. The van der Waals surface area contributed by atoms with E-state index >= 15 is 0 Å². The Morgan fingerprint density at radius 3 is 2.59 bits per heavy atom. The normalized spacial score (nSPS) is 19.0. The Kier molecular flexibility index (Phi) is 5.47. The van der Waals surface area contributed by atoms with Crippen molar-refractivity contribution in [1.82, 2.24) is 20.0 Å². The molecular weight excluding hydrogens is 304 g/mol. The summed E-state index contributed by atoms with van der Waals surface area (Å²) < 4.78 is 6.93. The van der Waals surface area contributed by atoms with Crippen LogP contribution in [0.25, 0.3) is 0 Å². The molecule has 0 bridgehead atoms. The summed E-state index contributed by atoms with van der Waals surface area (Å²) in [5.74, 6) is -0.163. The predicted octanol–water partition coefficient (Wildman–Crippen LogP) is 1.61. The standard InChI is InChI=1S/C15H25ClN4O2/c1-5-15(3,20-6-8-22-9-7-20)10-17-14(21)12-11(2)18-19(4)13(12)16/h5-10H2,1-4H3,(H,17,21). The Hall–Kier alpha value is -1.11. The molecule has 1 aliphatic heterocycles. The molecule has 0 saturated carbocycles. The van der Waals surface area contributed by atoms with E-state index in [4.69, 9.17) is 16.3 Å². The number of hydrogen-bond acceptors (Lipinski definition) is 4. The third kappa shape index (κ3) is 3.45. The topological polar surface area (TPSA) is 59.4 Å². The fourth-order valence-electron chi connectivity index (χ4n) is 2.81. The van der Waals surface area contributed by atoms with E-state index in [9.17, 15) is 4.79 Å². The maximum absolute atomic E-state index is 12.5. The van der Waals surface area contributed by atoms with Crippen molar-refractivity contribution in [2.24, 2.45) is 7.05 Å². The summed E-state index contributed by atoms with van der Waals surface area (Å²) >= 11 is 6.15. The van der Waals surface area contributed by atoms with Crippen LogP contribution in [-0.2, 0) is 11.8 Å². The molecule has 2 heterocycles. The molecule has 1 N–H and O–H groups in total. The monoisotopic (exact) mass is 328 g/mol. The van der Waals surface area contributed by atoms with Crippen molar-refractivity contribution in [3.63, 3.8) is 0 Å². The number of ether oxygens (including phenoxy) is 1. The molecule has 0 radical (unpaired) electrons. The van der Waals surface area contributed by atoms with E-state index in [0.29, 0.717) is 23.0 Å². The van der Waals surface area contributed by atoms with Gasteiger partial charge in [0.05, 0.1) is 24.5 Å². The Balaban J connectivity index is 2.04. The molecule has 0 aromatic carbocycles. The van der Waals surface area contributed by atoms with E-state index in [2.05, 4.69) is 29.2 Å². The summed E-state index contributed by atoms with van der Waals surface area (Å²) in [6, 6.07) is 0. The summed E-state index contributed by atoms with van der Waals surface area (Å²) in [7, 11) is 1.73. The Bertz CT molecular complexity index is 540.